The molecular formula is C25H28N4O3S. The van der Waals surface area contributed by atoms with Crippen LogP contribution in [0.15, 0.2) is 41.6 Å². The van der Waals surface area contributed by atoms with Crippen LogP contribution < -0.4 is 14.8 Å². The molecule has 172 valence electrons. The standard InChI is InChI=1S/C25H28N4O3S/c1-15-10-16(2)19-12-17(3)24-27-28-25(29(24)20(19)11-15)33-14-23(30)26-9-8-18-6-7-21(31-4)22(13-18)32-5/h6-7,10-13H,8-9,14H2,1-5H3,(H,26,30). The molecule has 0 spiro atoms. The molecule has 2 heterocycles. The summed E-state index contributed by atoms with van der Waals surface area (Å²) >= 11 is 1.40. The number of thioether (sulfide) groups is 1. The molecule has 1 amide bonds. The lowest BCUT2D eigenvalue weighted by atomic mass is 10.0. The molecule has 2 aromatic carbocycles. The Morgan fingerprint density at radius 2 is 1.79 bits per heavy atom. The summed E-state index contributed by atoms with van der Waals surface area (Å²) in [6.45, 7) is 6.78. The van der Waals surface area contributed by atoms with Crippen molar-refractivity contribution in [3.05, 3.63) is 58.7 Å². The zero-order valence-corrected chi connectivity index (χ0v) is 20.4. The van der Waals surface area contributed by atoms with Crippen molar-refractivity contribution in [3.8, 4) is 11.5 Å². The molecule has 0 atom stereocenters. The molecule has 8 heteroatoms. The molecule has 33 heavy (non-hydrogen) atoms. The summed E-state index contributed by atoms with van der Waals surface area (Å²) < 4.78 is 12.7. The molecule has 0 saturated heterocycles. The quantitative estimate of drug-likeness (QED) is 0.392. The van der Waals surface area contributed by atoms with Gasteiger partial charge in [-0.2, -0.15) is 0 Å². The number of ether oxygens (including phenoxy) is 2. The highest BCUT2D eigenvalue weighted by molar-refractivity contribution is 7.99. The van der Waals surface area contributed by atoms with Crippen LogP contribution in [0, 0.1) is 20.8 Å². The van der Waals surface area contributed by atoms with E-state index in [-0.39, 0.29) is 11.7 Å². The topological polar surface area (TPSA) is 77.8 Å². The van der Waals surface area contributed by atoms with Crippen LogP contribution in [0.1, 0.15) is 22.3 Å². The summed E-state index contributed by atoms with van der Waals surface area (Å²) in [5, 5.41) is 13.6. The number of methoxy groups -OCH3 is 2. The van der Waals surface area contributed by atoms with E-state index in [9.17, 15) is 4.79 Å². The van der Waals surface area contributed by atoms with Crippen LogP contribution in [-0.4, -0.2) is 47.0 Å². The predicted octanol–water partition coefficient (Wildman–Crippen LogP) is 4.28. The maximum Gasteiger partial charge on any atom is 0.230 e. The number of nitrogens with one attached hydrogen (secondary N) is 1. The van der Waals surface area contributed by atoms with E-state index in [0.29, 0.717) is 24.5 Å². The average Bonchev–Trinajstić information content (AvgIpc) is 3.23. The Bertz CT molecular complexity index is 1330. The van der Waals surface area contributed by atoms with Gasteiger partial charge in [0.15, 0.2) is 22.3 Å². The van der Waals surface area contributed by atoms with Gasteiger partial charge in [0.2, 0.25) is 5.91 Å². The van der Waals surface area contributed by atoms with Gasteiger partial charge in [0.25, 0.3) is 0 Å². The molecule has 0 radical (unpaired) electrons. The zero-order valence-electron chi connectivity index (χ0n) is 19.6. The normalized spacial score (nSPS) is 11.2. The van der Waals surface area contributed by atoms with Crippen molar-refractivity contribution in [3.63, 3.8) is 0 Å². The monoisotopic (exact) mass is 464 g/mol. The van der Waals surface area contributed by atoms with Gasteiger partial charge in [-0.15, -0.1) is 10.2 Å². The van der Waals surface area contributed by atoms with E-state index in [1.807, 2.05) is 25.1 Å². The number of benzene rings is 2. The van der Waals surface area contributed by atoms with Crippen LogP contribution in [0.5, 0.6) is 11.5 Å². The first-order chi connectivity index (χ1) is 15.9. The van der Waals surface area contributed by atoms with Crippen LogP contribution in [-0.2, 0) is 11.2 Å². The Hall–Kier alpha value is -3.26. The number of aromatic nitrogens is 3. The minimum absolute atomic E-state index is 0.0402. The molecule has 1 N–H and O–H groups in total. The van der Waals surface area contributed by atoms with E-state index < -0.39 is 0 Å². The smallest absolute Gasteiger partial charge is 0.230 e. The maximum atomic E-state index is 12.5. The third-order valence-electron chi connectivity index (χ3n) is 5.61. The van der Waals surface area contributed by atoms with E-state index in [1.165, 1.54) is 28.3 Å². The first-order valence-electron chi connectivity index (χ1n) is 10.8. The second kappa shape index (κ2) is 9.70. The van der Waals surface area contributed by atoms with Gasteiger partial charge in [-0.1, -0.05) is 23.9 Å². The lowest BCUT2D eigenvalue weighted by Crippen LogP contribution is -2.27. The number of amides is 1. The van der Waals surface area contributed by atoms with E-state index in [4.69, 9.17) is 9.47 Å². The summed E-state index contributed by atoms with van der Waals surface area (Å²) in [7, 11) is 3.22. The third-order valence-corrected chi connectivity index (χ3v) is 6.54. The van der Waals surface area contributed by atoms with Crippen LogP contribution in [0.25, 0.3) is 16.6 Å². The Morgan fingerprint density at radius 1 is 1.00 bits per heavy atom. The number of carbonyl (C=O) groups excluding carboxylic acids is 1. The van der Waals surface area contributed by atoms with Gasteiger partial charge in [-0.05, 0) is 73.7 Å². The van der Waals surface area contributed by atoms with Gasteiger partial charge in [0, 0.05) is 11.9 Å². The highest BCUT2D eigenvalue weighted by Crippen LogP contribution is 2.29. The van der Waals surface area contributed by atoms with Crippen molar-refractivity contribution in [2.24, 2.45) is 0 Å². The highest BCUT2D eigenvalue weighted by Gasteiger charge is 2.15. The lowest BCUT2D eigenvalue weighted by molar-refractivity contribution is -0.118. The molecule has 0 unspecified atom stereocenters. The van der Waals surface area contributed by atoms with Crippen molar-refractivity contribution >= 4 is 34.2 Å². The van der Waals surface area contributed by atoms with Gasteiger partial charge < -0.3 is 14.8 Å². The summed E-state index contributed by atoms with van der Waals surface area (Å²) in [4.78, 5) is 12.5. The Balaban J connectivity index is 1.43. The van der Waals surface area contributed by atoms with Crippen molar-refractivity contribution in [2.45, 2.75) is 32.3 Å². The molecule has 0 bridgehead atoms. The summed E-state index contributed by atoms with van der Waals surface area (Å²) in [5.74, 6) is 1.60. The van der Waals surface area contributed by atoms with Gasteiger partial charge in [0.1, 0.15) is 0 Å². The van der Waals surface area contributed by atoms with E-state index in [0.717, 1.165) is 27.4 Å². The van der Waals surface area contributed by atoms with Crippen molar-refractivity contribution in [1.82, 2.24) is 19.9 Å². The second-order valence-corrected chi connectivity index (χ2v) is 9.00. The predicted molar refractivity (Wildman–Crippen MR) is 132 cm³/mol. The van der Waals surface area contributed by atoms with E-state index in [1.54, 1.807) is 14.2 Å². The summed E-state index contributed by atoms with van der Waals surface area (Å²) in [6.07, 6.45) is 0.701. The second-order valence-electron chi connectivity index (χ2n) is 8.06. The summed E-state index contributed by atoms with van der Waals surface area (Å²) in [6, 6.07) is 12.3. The number of carbonyl (C=O) groups is 1. The molecule has 7 nitrogen and oxygen atoms in total. The number of nitrogens with zero attached hydrogens (tertiary/aromatic N) is 3. The van der Waals surface area contributed by atoms with Crippen molar-refractivity contribution < 1.29 is 14.3 Å². The molecular weight excluding hydrogens is 436 g/mol. The van der Waals surface area contributed by atoms with E-state index >= 15 is 0 Å². The lowest BCUT2D eigenvalue weighted by Gasteiger charge is -2.11. The first kappa shape index (κ1) is 22.9. The van der Waals surface area contributed by atoms with Gasteiger partial charge >= 0.3 is 0 Å². The fourth-order valence-electron chi connectivity index (χ4n) is 4.01. The highest BCUT2D eigenvalue weighted by atomic mass is 32.2. The Labute approximate surface area is 197 Å². The Morgan fingerprint density at radius 3 is 2.55 bits per heavy atom. The van der Waals surface area contributed by atoms with Crippen LogP contribution in [0.4, 0.5) is 0 Å². The molecule has 0 aliphatic rings. The fourth-order valence-corrected chi connectivity index (χ4v) is 4.78. The number of hydrogen-bond donors (Lipinski definition) is 1. The van der Waals surface area contributed by atoms with Gasteiger partial charge in [0.05, 0.1) is 25.5 Å². The third kappa shape index (κ3) is 4.75. The molecule has 0 aliphatic heterocycles. The zero-order chi connectivity index (χ0) is 23.5. The van der Waals surface area contributed by atoms with Gasteiger partial charge in [-0.25, -0.2) is 0 Å². The largest absolute Gasteiger partial charge is 0.493 e. The van der Waals surface area contributed by atoms with Crippen LogP contribution >= 0.6 is 11.8 Å². The fraction of sp³-hybridized carbons (Fsp3) is 0.320. The minimum atomic E-state index is -0.0402. The molecule has 0 aliphatic carbocycles. The van der Waals surface area contributed by atoms with Crippen LogP contribution in [0.2, 0.25) is 0 Å². The molecule has 0 saturated carbocycles. The minimum Gasteiger partial charge on any atom is -0.493 e. The van der Waals surface area contributed by atoms with Crippen molar-refractivity contribution in [2.75, 3.05) is 26.5 Å². The Kier molecular flexibility index (Phi) is 6.74. The molecule has 4 rings (SSSR count). The first-order valence-corrected chi connectivity index (χ1v) is 11.8. The van der Waals surface area contributed by atoms with E-state index in [2.05, 4.69) is 52.0 Å². The maximum absolute atomic E-state index is 12.5. The van der Waals surface area contributed by atoms with Crippen LogP contribution in [0.3, 0.4) is 0 Å². The number of pyridine rings is 1. The number of hydrogen-bond acceptors (Lipinski definition) is 6. The average molecular weight is 465 g/mol. The van der Waals surface area contributed by atoms with Crippen molar-refractivity contribution in [1.29, 1.82) is 0 Å². The number of rotatable bonds is 8. The van der Waals surface area contributed by atoms with Gasteiger partial charge in [-0.3, -0.25) is 9.20 Å². The molecule has 0 fully saturated rings. The molecule has 2 aromatic heterocycles. The number of aryl methyl sites for hydroxylation is 3. The SMILES string of the molecule is COc1ccc(CCNC(=O)CSc2nnc3c(C)cc4c(C)cc(C)cc4n23)cc1OC. The molecule has 4 aromatic rings. The summed E-state index contributed by atoms with van der Waals surface area (Å²) in [5.41, 5.74) is 6.42. The number of fused-ring (bicyclic) bond motifs is 3.